The maximum absolute atomic E-state index is 12.3. The standard InChI is InChI=1S/C17H20N4O3/c1-11(2)9-21-10-13(8-14(21)22)16(23)19-17-18-15(20-24-17)12-6-4-3-5-7-12/h3-7,11,13H,8-10H2,1-2H3,(H,18,19,20,23). The zero-order chi connectivity index (χ0) is 17.1. The first kappa shape index (κ1) is 16.2. The molecule has 1 aromatic heterocycles. The SMILES string of the molecule is CC(C)CN1CC(C(=O)Nc2nc(-c3ccccc3)no2)CC1=O. The Morgan fingerprint density at radius 3 is 2.83 bits per heavy atom. The third-order valence-electron chi connectivity index (χ3n) is 3.86. The van der Waals surface area contributed by atoms with Crippen LogP contribution in [0, 0.1) is 11.8 Å². The van der Waals surface area contributed by atoms with Gasteiger partial charge < -0.3 is 9.42 Å². The number of nitrogens with one attached hydrogen (secondary N) is 1. The molecule has 1 aliphatic rings. The zero-order valence-electron chi connectivity index (χ0n) is 13.7. The number of amides is 2. The van der Waals surface area contributed by atoms with Crippen molar-refractivity contribution in [3.63, 3.8) is 0 Å². The fourth-order valence-electron chi connectivity index (χ4n) is 2.75. The molecule has 7 nitrogen and oxygen atoms in total. The van der Waals surface area contributed by atoms with Gasteiger partial charge in [0.1, 0.15) is 0 Å². The molecule has 0 aliphatic carbocycles. The number of hydrogen-bond acceptors (Lipinski definition) is 5. The molecule has 126 valence electrons. The van der Waals surface area contributed by atoms with Crippen molar-refractivity contribution in [3.05, 3.63) is 30.3 Å². The summed E-state index contributed by atoms with van der Waals surface area (Å²) < 4.78 is 5.08. The van der Waals surface area contributed by atoms with Crippen molar-refractivity contribution in [1.29, 1.82) is 0 Å². The van der Waals surface area contributed by atoms with Gasteiger partial charge in [-0.15, -0.1) is 0 Å². The van der Waals surface area contributed by atoms with Crippen molar-refractivity contribution in [2.45, 2.75) is 20.3 Å². The lowest BCUT2D eigenvalue weighted by Crippen LogP contribution is -2.31. The Bertz CT molecular complexity index is 726. The first-order chi connectivity index (χ1) is 11.5. The van der Waals surface area contributed by atoms with Crippen LogP contribution in [-0.4, -0.2) is 39.9 Å². The molecule has 1 atom stereocenters. The van der Waals surface area contributed by atoms with E-state index in [0.29, 0.717) is 24.8 Å². The first-order valence-electron chi connectivity index (χ1n) is 8.00. The van der Waals surface area contributed by atoms with Gasteiger partial charge in [0.2, 0.25) is 17.6 Å². The molecule has 1 aliphatic heterocycles. The molecule has 2 aromatic rings. The highest BCUT2D eigenvalue weighted by Crippen LogP contribution is 2.22. The van der Waals surface area contributed by atoms with Crippen molar-refractivity contribution in [2.75, 3.05) is 18.4 Å². The number of aromatic nitrogens is 2. The lowest BCUT2D eigenvalue weighted by molar-refractivity contribution is -0.128. The molecule has 7 heteroatoms. The third-order valence-corrected chi connectivity index (χ3v) is 3.86. The third kappa shape index (κ3) is 3.61. The summed E-state index contributed by atoms with van der Waals surface area (Å²) in [7, 11) is 0. The zero-order valence-corrected chi connectivity index (χ0v) is 13.7. The van der Waals surface area contributed by atoms with Crippen LogP contribution in [0.3, 0.4) is 0 Å². The van der Waals surface area contributed by atoms with E-state index in [1.54, 1.807) is 4.90 Å². The smallest absolute Gasteiger partial charge is 0.328 e. The molecule has 1 aromatic carbocycles. The van der Waals surface area contributed by atoms with Crippen LogP contribution in [0.4, 0.5) is 6.01 Å². The Labute approximate surface area is 140 Å². The maximum Gasteiger partial charge on any atom is 0.328 e. The van der Waals surface area contributed by atoms with Gasteiger partial charge in [-0.05, 0) is 5.92 Å². The van der Waals surface area contributed by atoms with Crippen LogP contribution in [0.5, 0.6) is 0 Å². The largest absolute Gasteiger partial charge is 0.342 e. The van der Waals surface area contributed by atoms with Crippen LogP contribution in [0.25, 0.3) is 11.4 Å². The lowest BCUT2D eigenvalue weighted by Gasteiger charge is -2.18. The topological polar surface area (TPSA) is 88.3 Å². The van der Waals surface area contributed by atoms with E-state index in [-0.39, 0.29) is 30.2 Å². The molecule has 24 heavy (non-hydrogen) atoms. The average molecular weight is 328 g/mol. The minimum Gasteiger partial charge on any atom is -0.342 e. The van der Waals surface area contributed by atoms with Gasteiger partial charge in [-0.25, -0.2) is 0 Å². The Morgan fingerprint density at radius 2 is 2.12 bits per heavy atom. The van der Waals surface area contributed by atoms with Crippen molar-refractivity contribution in [2.24, 2.45) is 11.8 Å². The van der Waals surface area contributed by atoms with Crippen LogP contribution < -0.4 is 5.32 Å². The van der Waals surface area contributed by atoms with E-state index in [0.717, 1.165) is 5.56 Å². The van der Waals surface area contributed by atoms with E-state index < -0.39 is 0 Å². The number of hydrogen-bond donors (Lipinski definition) is 1. The highest BCUT2D eigenvalue weighted by atomic mass is 16.5. The van der Waals surface area contributed by atoms with E-state index in [1.807, 2.05) is 44.2 Å². The van der Waals surface area contributed by atoms with Gasteiger partial charge in [0, 0.05) is 25.1 Å². The number of anilines is 1. The maximum atomic E-state index is 12.3. The number of likely N-dealkylation sites (tertiary alicyclic amines) is 1. The van der Waals surface area contributed by atoms with Crippen LogP contribution in [-0.2, 0) is 9.59 Å². The van der Waals surface area contributed by atoms with Gasteiger partial charge in [-0.3, -0.25) is 14.9 Å². The van der Waals surface area contributed by atoms with Crippen molar-refractivity contribution < 1.29 is 14.1 Å². The summed E-state index contributed by atoms with van der Waals surface area (Å²) in [6, 6.07) is 9.40. The van der Waals surface area contributed by atoms with Crippen LogP contribution in [0.15, 0.2) is 34.9 Å². The molecule has 3 rings (SSSR count). The normalized spacial score (nSPS) is 17.5. The summed E-state index contributed by atoms with van der Waals surface area (Å²) in [6.45, 7) is 5.19. The van der Waals surface area contributed by atoms with Gasteiger partial charge in [-0.1, -0.05) is 49.3 Å². The number of rotatable bonds is 5. The molecule has 1 unspecified atom stereocenters. The number of carbonyl (C=O) groups excluding carboxylic acids is 2. The van der Waals surface area contributed by atoms with Crippen LogP contribution >= 0.6 is 0 Å². The number of nitrogens with zero attached hydrogens (tertiary/aromatic N) is 3. The highest BCUT2D eigenvalue weighted by molar-refractivity contribution is 5.96. The molecule has 0 saturated carbocycles. The molecule has 1 N–H and O–H groups in total. The van der Waals surface area contributed by atoms with Gasteiger partial charge in [0.25, 0.3) is 0 Å². The lowest BCUT2D eigenvalue weighted by atomic mass is 10.1. The molecular formula is C17H20N4O3. The molecule has 2 amide bonds. The molecule has 0 radical (unpaired) electrons. The Morgan fingerprint density at radius 1 is 1.38 bits per heavy atom. The number of benzene rings is 1. The monoisotopic (exact) mass is 328 g/mol. The van der Waals surface area contributed by atoms with Crippen molar-refractivity contribution in [3.8, 4) is 11.4 Å². The fourth-order valence-corrected chi connectivity index (χ4v) is 2.75. The predicted octanol–water partition coefficient (Wildman–Crippen LogP) is 2.18. The minimum absolute atomic E-state index is 0.0133. The molecule has 1 fully saturated rings. The van der Waals surface area contributed by atoms with Gasteiger partial charge in [0.15, 0.2) is 0 Å². The van der Waals surface area contributed by atoms with Crippen LogP contribution in [0.1, 0.15) is 20.3 Å². The summed E-state index contributed by atoms with van der Waals surface area (Å²) in [5.41, 5.74) is 0.806. The Kier molecular flexibility index (Phi) is 4.59. The molecule has 0 spiro atoms. The van der Waals surface area contributed by atoms with Gasteiger partial charge in [0.05, 0.1) is 5.92 Å². The van der Waals surface area contributed by atoms with Gasteiger partial charge >= 0.3 is 6.01 Å². The molecule has 1 saturated heterocycles. The molecule has 2 heterocycles. The second kappa shape index (κ2) is 6.82. The molecule has 0 bridgehead atoms. The minimum atomic E-state index is -0.386. The van der Waals surface area contributed by atoms with E-state index in [9.17, 15) is 9.59 Å². The van der Waals surface area contributed by atoms with Crippen molar-refractivity contribution in [1.82, 2.24) is 15.0 Å². The van der Waals surface area contributed by atoms with Gasteiger partial charge in [-0.2, -0.15) is 4.98 Å². The van der Waals surface area contributed by atoms with E-state index in [4.69, 9.17) is 4.52 Å². The quantitative estimate of drug-likeness (QED) is 0.909. The first-order valence-corrected chi connectivity index (χ1v) is 8.00. The number of carbonyl (C=O) groups is 2. The summed E-state index contributed by atoms with van der Waals surface area (Å²) in [5, 5.41) is 6.47. The van der Waals surface area contributed by atoms with Crippen molar-refractivity contribution >= 4 is 17.8 Å². The Balaban J connectivity index is 1.62. The summed E-state index contributed by atoms with van der Waals surface area (Å²) >= 11 is 0. The summed E-state index contributed by atoms with van der Waals surface area (Å²) in [6.07, 6.45) is 0.220. The second-order valence-electron chi connectivity index (χ2n) is 6.37. The summed E-state index contributed by atoms with van der Waals surface area (Å²) in [5.74, 6) is 0.149. The van der Waals surface area contributed by atoms with E-state index in [1.165, 1.54) is 0 Å². The van der Waals surface area contributed by atoms with Crippen LogP contribution in [0.2, 0.25) is 0 Å². The average Bonchev–Trinajstić information content (AvgIpc) is 3.15. The molecular weight excluding hydrogens is 308 g/mol. The van der Waals surface area contributed by atoms with E-state index in [2.05, 4.69) is 15.5 Å². The fraction of sp³-hybridized carbons (Fsp3) is 0.412. The highest BCUT2D eigenvalue weighted by Gasteiger charge is 2.35. The summed E-state index contributed by atoms with van der Waals surface area (Å²) in [4.78, 5) is 30.2. The second-order valence-corrected chi connectivity index (χ2v) is 6.37. The van der Waals surface area contributed by atoms with E-state index >= 15 is 0 Å². The predicted molar refractivity (Wildman–Crippen MR) is 87.9 cm³/mol. The Hall–Kier alpha value is -2.70.